The number of nitrogens with zero attached hydrogens (tertiary/aromatic N) is 2. The number of rotatable bonds is 5. The first-order chi connectivity index (χ1) is 25.3. The molecule has 0 saturated heterocycles. The summed E-state index contributed by atoms with van der Waals surface area (Å²) in [4.78, 5) is 7.63. The molecule has 0 aliphatic rings. The molecule has 0 radical (unpaired) electrons. The summed E-state index contributed by atoms with van der Waals surface area (Å²) >= 11 is 0. The predicted molar refractivity (Wildman–Crippen MR) is 217 cm³/mol. The summed E-state index contributed by atoms with van der Waals surface area (Å²) in [7, 11) is 0. The monoisotopic (exact) mass is 648 g/mol. The van der Waals surface area contributed by atoms with Gasteiger partial charge in [0.1, 0.15) is 0 Å². The van der Waals surface area contributed by atoms with Gasteiger partial charge in [0.05, 0.1) is 11.2 Å². The highest BCUT2D eigenvalue weighted by molar-refractivity contribution is 6.36. The van der Waals surface area contributed by atoms with Gasteiger partial charge in [0, 0.05) is 33.4 Å². The van der Waals surface area contributed by atoms with E-state index in [-0.39, 0.29) is 0 Å². The third-order valence-electron chi connectivity index (χ3n) is 10.2. The fourth-order valence-electron chi connectivity index (χ4n) is 8.00. The van der Waals surface area contributed by atoms with Crippen LogP contribution in [0, 0.1) is 0 Å². The van der Waals surface area contributed by atoms with Gasteiger partial charge in [-0.2, -0.15) is 0 Å². The van der Waals surface area contributed by atoms with Gasteiger partial charge in [-0.05, 0) is 97.4 Å². The van der Waals surface area contributed by atoms with E-state index in [0.29, 0.717) is 0 Å². The number of benzene rings is 9. The Kier molecular flexibility index (Phi) is 6.85. The Morgan fingerprint density at radius 3 is 1.37 bits per heavy atom. The highest BCUT2D eigenvalue weighted by Crippen LogP contribution is 2.49. The molecule has 0 fully saturated rings. The van der Waals surface area contributed by atoms with Crippen LogP contribution < -0.4 is 4.90 Å². The van der Waals surface area contributed by atoms with E-state index < -0.39 is 0 Å². The lowest BCUT2D eigenvalue weighted by Gasteiger charge is -2.26. The van der Waals surface area contributed by atoms with Crippen molar-refractivity contribution in [1.82, 2.24) is 4.98 Å². The molecule has 0 amide bonds. The maximum Gasteiger partial charge on any atom is 0.0722 e. The minimum atomic E-state index is 0.985. The van der Waals surface area contributed by atoms with Gasteiger partial charge in [0.2, 0.25) is 0 Å². The molecule has 10 rings (SSSR count). The van der Waals surface area contributed by atoms with Crippen molar-refractivity contribution in [2.24, 2.45) is 0 Å². The van der Waals surface area contributed by atoms with Crippen LogP contribution in [0.3, 0.4) is 0 Å². The van der Waals surface area contributed by atoms with E-state index in [1.807, 2.05) is 0 Å². The normalized spacial score (nSPS) is 11.5. The van der Waals surface area contributed by atoms with E-state index in [1.54, 1.807) is 0 Å². The first-order valence-electron chi connectivity index (χ1n) is 17.5. The second kappa shape index (κ2) is 12.0. The van der Waals surface area contributed by atoms with Crippen LogP contribution in [0.1, 0.15) is 0 Å². The Labute approximate surface area is 296 Å². The second-order valence-corrected chi connectivity index (χ2v) is 13.1. The molecule has 0 atom stereocenters. The van der Waals surface area contributed by atoms with Crippen molar-refractivity contribution in [3.63, 3.8) is 0 Å². The van der Waals surface area contributed by atoms with Crippen LogP contribution in [0.5, 0.6) is 0 Å². The van der Waals surface area contributed by atoms with Crippen LogP contribution in [0.4, 0.5) is 17.1 Å². The largest absolute Gasteiger partial charge is 0.311 e. The van der Waals surface area contributed by atoms with Gasteiger partial charge in [-0.1, -0.05) is 146 Å². The third kappa shape index (κ3) is 4.76. The van der Waals surface area contributed by atoms with Crippen LogP contribution in [-0.2, 0) is 0 Å². The van der Waals surface area contributed by atoms with Gasteiger partial charge < -0.3 is 4.90 Å². The van der Waals surface area contributed by atoms with Crippen LogP contribution in [0.15, 0.2) is 194 Å². The highest BCUT2D eigenvalue weighted by atomic mass is 15.1. The average Bonchev–Trinajstić information content (AvgIpc) is 3.21. The zero-order valence-electron chi connectivity index (χ0n) is 27.9. The fraction of sp³-hybridized carbons (Fsp3) is 0. The molecule has 238 valence electrons. The van der Waals surface area contributed by atoms with Crippen molar-refractivity contribution in [2.75, 3.05) is 4.90 Å². The third-order valence-corrected chi connectivity index (χ3v) is 10.2. The summed E-state index contributed by atoms with van der Waals surface area (Å²) in [6, 6.07) is 69.7. The number of fused-ring (bicyclic) bond motifs is 8. The molecule has 2 nitrogen and oxygen atoms in total. The average molecular weight is 649 g/mol. The molecule has 0 N–H and O–H groups in total. The van der Waals surface area contributed by atoms with Crippen LogP contribution in [0.25, 0.3) is 76.4 Å². The Morgan fingerprint density at radius 2 is 0.765 bits per heavy atom. The molecule has 0 bridgehead atoms. The first kappa shape index (κ1) is 29.2. The van der Waals surface area contributed by atoms with E-state index >= 15 is 0 Å². The molecular weight excluding hydrogens is 617 g/mol. The van der Waals surface area contributed by atoms with Gasteiger partial charge in [0.25, 0.3) is 0 Å². The zero-order chi connectivity index (χ0) is 33.7. The van der Waals surface area contributed by atoms with E-state index in [9.17, 15) is 0 Å². The molecule has 1 heterocycles. The van der Waals surface area contributed by atoms with Crippen LogP contribution in [-0.4, -0.2) is 4.98 Å². The van der Waals surface area contributed by atoms with Gasteiger partial charge in [-0.3, -0.25) is 0 Å². The number of hydrogen-bond donors (Lipinski definition) is 0. The van der Waals surface area contributed by atoms with Gasteiger partial charge >= 0.3 is 0 Å². The minimum Gasteiger partial charge on any atom is -0.311 e. The number of pyridine rings is 1. The maximum absolute atomic E-state index is 5.32. The molecule has 2 heteroatoms. The molecule has 0 saturated carbocycles. The molecular formula is C49H32N2. The lowest BCUT2D eigenvalue weighted by molar-refractivity contribution is 1.28. The molecule has 9 aromatic carbocycles. The van der Waals surface area contributed by atoms with Crippen LogP contribution >= 0.6 is 0 Å². The SMILES string of the molecule is c1ccc(N(c2ccccc2)c2ccc(-c3c4ccccc4c(-c4ccc5ccccc5n4)c4c5ccccc5c5ccccc5c34)cc2)cc1. The van der Waals surface area contributed by atoms with Crippen molar-refractivity contribution in [3.8, 4) is 22.4 Å². The van der Waals surface area contributed by atoms with E-state index in [4.69, 9.17) is 4.98 Å². The lowest BCUT2D eigenvalue weighted by Crippen LogP contribution is -2.09. The zero-order valence-corrected chi connectivity index (χ0v) is 27.9. The Bertz CT molecular complexity index is 2860. The number of hydrogen-bond acceptors (Lipinski definition) is 2. The molecule has 51 heavy (non-hydrogen) atoms. The standard InChI is InChI=1S/C49H32N2/c1-3-16-35(17-4-1)51(36-18-5-2-6-19-36)37-30-27-34(28-31-37)46-42-24-12-13-25-43(42)47(45-32-29-33-15-7-14-26-44(33)50-45)49-41-23-11-9-21-39(41)38-20-8-10-22-40(38)48(46)49/h1-32H. The van der Waals surface area contributed by atoms with Crippen molar-refractivity contribution in [2.45, 2.75) is 0 Å². The molecule has 0 aliphatic carbocycles. The minimum absolute atomic E-state index is 0.985. The summed E-state index contributed by atoms with van der Waals surface area (Å²) in [6.07, 6.45) is 0. The summed E-state index contributed by atoms with van der Waals surface area (Å²) < 4.78 is 0. The van der Waals surface area contributed by atoms with E-state index in [1.165, 1.54) is 59.8 Å². The molecule has 0 aliphatic heterocycles. The Balaban J connectivity index is 1.31. The quantitative estimate of drug-likeness (QED) is 0.136. The van der Waals surface area contributed by atoms with Gasteiger partial charge in [0.15, 0.2) is 0 Å². The number of anilines is 3. The van der Waals surface area contributed by atoms with Crippen molar-refractivity contribution < 1.29 is 0 Å². The first-order valence-corrected chi connectivity index (χ1v) is 17.5. The summed E-state index contributed by atoms with van der Waals surface area (Å²) in [5, 5.41) is 11.0. The van der Waals surface area contributed by atoms with Crippen molar-refractivity contribution in [1.29, 1.82) is 0 Å². The Hall–Kier alpha value is -6.77. The van der Waals surface area contributed by atoms with Crippen molar-refractivity contribution in [3.05, 3.63) is 194 Å². The summed E-state index contributed by atoms with van der Waals surface area (Å²) in [5.74, 6) is 0. The van der Waals surface area contributed by atoms with E-state index in [0.717, 1.165) is 33.7 Å². The highest BCUT2D eigenvalue weighted by Gasteiger charge is 2.22. The van der Waals surface area contributed by atoms with Gasteiger partial charge in [-0.15, -0.1) is 0 Å². The van der Waals surface area contributed by atoms with Gasteiger partial charge in [-0.25, -0.2) is 4.98 Å². The maximum atomic E-state index is 5.32. The smallest absolute Gasteiger partial charge is 0.0722 e. The van der Waals surface area contributed by atoms with Crippen molar-refractivity contribution >= 4 is 71.1 Å². The predicted octanol–water partition coefficient (Wildman–Crippen LogP) is 13.7. The topological polar surface area (TPSA) is 16.1 Å². The number of aromatic nitrogens is 1. The molecule has 0 spiro atoms. The summed E-state index contributed by atoms with van der Waals surface area (Å²) in [5.41, 5.74) is 8.93. The van der Waals surface area contributed by atoms with E-state index in [2.05, 4.69) is 199 Å². The van der Waals surface area contributed by atoms with Crippen LogP contribution in [0.2, 0.25) is 0 Å². The number of para-hydroxylation sites is 3. The lowest BCUT2D eigenvalue weighted by atomic mass is 9.82. The summed E-state index contributed by atoms with van der Waals surface area (Å²) in [6.45, 7) is 0. The Morgan fingerprint density at radius 1 is 0.314 bits per heavy atom. The second-order valence-electron chi connectivity index (χ2n) is 13.1. The molecule has 0 unspecified atom stereocenters. The molecule has 1 aromatic heterocycles. The fourth-order valence-corrected chi connectivity index (χ4v) is 8.00. The molecule has 10 aromatic rings.